The molecular weight excluding hydrogens is 274 g/mol. The van der Waals surface area contributed by atoms with Gasteiger partial charge in [-0.25, -0.2) is 18.1 Å². The highest BCUT2D eigenvalue weighted by molar-refractivity contribution is 7.89. The van der Waals surface area contributed by atoms with Crippen molar-refractivity contribution in [1.29, 1.82) is 0 Å². The summed E-state index contributed by atoms with van der Waals surface area (Å²) in [5.74, 6) is 1.21. The van der Waals surface area contributed by atoms with Crippen LogP contribution in [0.15, 0.2) is 23.4 Å². The van der Waals surface area contributed by atoms with Gasteiger partial charge in [0.2, 0.25) is 0 Å². The SMILES string of the molecule is CNc1cccnc1S(=O)(=O)NC1CCC(C)C(C)C1. The molecule has 0 spiro atoms. The Morgan fingerprint density at radius 3 is 2.65 bits per heavy atom. The largest absolute Gasteiger partial charge is 0.386 e. The highest BCUT2D eigenvalue weighted by atomic mass is 32.2. The molecule has 0 bridgehead atoms. The maximum atomic E-state index is 12.5. The summed E-state index contributed by atoms with van der Waals surface area (Å²) in [4.78, 5) is 4.01. The fraction of sp³-hybridized carbons (Fsp3) is 0.643. The minimum atomic E-state index is -3.57. The number of nitrogens with one attached hydrogen (secondary N) is 2. The Kier molecular flexibility index (Phi) is 4.65. The molecule has 0 aliphatic heterocycles. The molecule has 6 heteroatoms. The lowest BCUT2D eigenvalue weighted by atomic mass is 9.79. The number of nitrogens with zero attached hydrogens (tertiary/aromatic N) is 1. The van der Waals surface area contributed by atoms with E-state index in [1.807, 2.05) is 0 Å². The molecular formula is C14H23N3O2S. The fourth-order valence-corrected chi connectivity index (χ4v) is 4.15. The first-order valence-corrected chi connectivity index (χ1v) is 8.57. The molecule has 20 heavy (non-hydrogen) atoms. The second-order valence-electron chi connectivity index (χ2n) is 5.69. The van der Waals surface area contributed by atoms with Crippen LogP contribution >= 0.6 is 0 Å². The van der Waals surface area contributed by atoms with E-state index < -0.39 is 10.0 Å². The van der Waals surface area contributed by atoms with Crippen LogP contribution in [-0.2, 0) is 10.0 Å². The summed E-state index contributed by atoms with van der Waals surface area (Å²) in [5, 5.41) is 2.95. The molecule has 1 aliphatic rings. The molecule has 1 aromatic rings. The molecule has 3 unspecified atom stereocenters. The smallest absolute Gasteiger partial charge is 0.260 e. The number of sulfonamides is 1. The van der Waals surface area contributed by atoms with E-state index >= 15 is 0 Å². The molecule has 1 aromatic heterocycles. The molecule has 0 saturated heterocycles. The van der Waals surface area contributed by atoms with E-state index in [-0.39, 0.29) is 11.1 Å². The Bertz CT molecular complexity index is 559. The van der Waals surface area contributed by atoms with Gasteiger partial charge in [-0.1, -0.05) is 13.8 Å². The summed E-state index contributed by atoms with van der Waals surface area (Å²) in [7, 11) is -1.87. The Balaban J connectivity index is 2.15. The monoisotopic (exact) mass is 297 g/mol. The van der Waals surface area contributed by atoms with Crippen LogP contribution in [0.3, 0.4) is 0 Å². The van der Waals surface area contributed by atoms with Gasteiger partial charge in [-0.2, -0.15) is 0 Å². The summed E-state index contributed by atoms with van der Waals surface area (Å²) in [6.07, 6.45) is 4.35. The third-order valence-corrected chi connectivity index (χ3v) is 5.69. The van der Waals surface area contributed by atoms with Gasteiger partial charge in [-0.05, 0) is 43.2 Å². The van der Waals surface area contributed by atoms with E-state index in [1.165, 1.54) is 6.20 Å². The van der Waals surface area contributed by atoms with Crippen LogP contribution in [0.5, 0.6) is 0 Å². The minimum Gasteiger partial charge on any atom is -0.386 e. The number of aromatic nitrogens is 1. The van der Waals surface area contributed by atoms with Gasteiger partial charge in [0.1, 0.15) is 0 Å². The van der Waals surface area contributed by atoms with Crippen molar-refractivity contribution in [3.63, 3.8) is 0 Å². The van der Waals surface area contributed by atoms with Crippen molar-refractivity contribution in [2.75, 3.05) is 12.4 Å². The van der Waals surface area contributed by atoms with Crippen molar-refractivity contribution in [1.82, 2.24) is 9.71 Å². The van der Waals surface area contributed by atoms with Gasteiger partial charge < -0.3 is 5.32 Å². The highest BCUT2D eigenvalue weighted by Gasteiger charge is 2.29. The first-order valence-electron chi connectivity index (χ1n) is 7.09. The first kappa shape index (κ1) is 15.3. The Morgan fingerprint density at radius 1 is 1.25 bits per heavy atom. The Labute approximate surface area is 121 Å². The zero-order valence-electron chi connectivity index (χ0n) is 12.3. The third-order valence-electron chi connectivity index (χ3n) is 4.22. The average Bonchev–Trinajstić information content (AvgIpc) is 2.42. The average molecular weight is 297 g/mol. The summed E-state index contributed by atoms with van der Waals surface area (Å²) >= 11 is 0. The Hall–Kier alpha value is -1.14. The summed E-state index contributed by atoms with van der Waals surface area (Å²) in [5.41, 5.74) is 0.525. The number of pyridine rings is 1. The van der Waals surface area contributed by atoms with Gasteiger partial charge in [0.15, 0.2) is 5.03 Å². The highest BCUT2D eigenvalue weighted by Crippen LogP contribution is 2.30. The molecule has 2 N–H and O–H groups in total. The normalized spacial score (nSPS) is 27.2. The second kappa shape index (κ2) is 6.10. The number of anilines is 1. The van der Waals surface area contributed by atoms with Crippen LogP contribution in [0, 0.1) is 11.8 Å². The maximum Gasteiger partial charge on any atom is 0.260 e. The van der Waals surface area contributed by atoms with Gasteiger partial charge in [-0.15, -0.1) is 0 Å². The van der Waals surface area contributed by atoms with E-state index in [0.29, 0.717) is 17.5 Å². The maximum absolute atomic E-state index is 12.5. The van der Waals surface area contributed by atoms with Crippen LogP contribution in [0.1, 0.15) is 33.1 Å². The van der Waals surface area contributed by atoms with Crippen LogP contribution in [0.4, 0.5) is 5.69 Å². The molecule has 1 saturated carbocycles. The van der Waals surface area contributed by atoms with Crippen molar-refractivity contribution in [2.45, 2.75) is 44.2 Å². The lowest BCUT2D eigenvalue weighted by molar-refractivity contribution is 0.242. The van der Waals surface area contributed by atoms with E-state index in [2.05, 4.69) is 28.9 Å². The van der Waals surface area contributed by atoms with Crippen LogP contribution in [-0.4, -0.2) is 26.5 Å². The minimum absolute atomic E-state index is 0.0120. The predicted octanol–water partition coefficient (Wildman–Crippen LogP) is 2.23. The molecule has 0 aromatic carbocycles. The number of hydrogen-bond donors (Lipinski definition) is 2. The predicted molar refractivity (Wildman–Crippen MR) is 80.1 cm³/mol. The molecule has 1 aliphatic carbocycles. The van der Waals surface area contributed by atoms with Crippen molar-refractivity contribution in [2.24, 2.45) is 11.8 Å². The van der Waals surface area contributed by atoms with Crippen LogP contribution in [0.25, 0.3) is 0 Å². The molecule has 1 heterocycles. The second-order valence-corrected chi connectivity index (χ2v) is 7.32. The fourth-order valence-electron chi connectivity index (χ4n) is 2.73. The number of hydrogen-bond acceptors (Lipinski definition) is 4. The molecule has 0 amide bonds. The summed E-state index contributed by atoms with van der Waals surface area (Å²) in [6.45, 7) is 4.41. The molecule has 2 rings (SSSR count). The van der Waals surface area contributed by atoms with Crippen molar-refractivity contribution < 1.29 is 8.42 Å². The summed E-state index contributed by atoms with van der Waals surface area (Å²) in [6, 6.07) is 3.44. The topological polar surface area (TPSA) is 71.1 Å². The van der Waals surface area contributed by atoms with Crippen LogP contribution < -0.4 is 10.0 Å². The zero-order valence-corrected chi connectivity index (χ0v) is 13.1. The number of rotatable bonds is 4. The molecule has 0 radical (unpaired) electrons. The van der Waals surface area contributed by atoms with Gasteiger partial charge >= 0.3 is 0 Å². The molecule has 1 fully saturated rings. The molecule has 112 valence electrons. The van der Waals surface area contributed by atoms with Crippen molar-refractivity contribution >= 4 is 15.7 Å². The third kappa shape index (κ3) is 3.30. The standard InChI is InChI=1S/C14H23N3O2S/c1-10-6-7-12(9-11(10)2)17-20(18,19)14-13(15-3)5-4-8-16-14/h4-5,8,10-12,15,17H,6-7,9H2,1-3H3. The quantitative estimate of drug-likeness (QED) is 0.894. The first-order chi connectivity index (χ1) is 9.44. The Morgan fingerprint density at radius 2 is 2.00 bits per heavy atom. The molecule has 5 nitrogen and oxygen atoms in total. The van der Waals surface area contributed by atoms with Gasteiger partial charge in [-0.3, -0.25) is 0 Å². The lowest BCUT2D eigenvalue weighted by Gasteiger charge is -2.32. The zero-order chi connectivity index (χ0) is 14.8. The van der Waals surface area contributed by atoms with Gasteiger partial charge in [0.05, 0.1) is 5.69 Å². The van der Waals surface area contributed by atoms with E-state index in [0.717, 1.165) is 19.3 Å². The van der Waals surface area contributed by atoms with Gasteiger partial charge in [0, 0.05) is 19.3 Å². The van der Waals surface area contributed by atoms with E-state index in [1.54, 1.807) is 19.2 Å². The lowest BCUT2D eigenvalue weighted by Crippen LogP contribution is -2.40. The van der Waals surface area contributed by atoms with Crippen molar-refractivity contribution in [3.8, 4) is 0 Å². The van der Waals surface area contributed by atoms with E-state index in [9.17, 15) is 8.42 Å². The van der Waals surface area contributed by atoms with E-state index in [4.69, 9.17) is 0 Å². The molecule has 3 atom stereocenters. The van der Waals surface area contributed by atoms with Gasteiger partial charge in [0.25, 0.3) is 10.0 Å². The van der Waals surface area contributed by atoms with Crippen molar-refractivity contribution in [3.05, 3.63) is 18.3 Å². The van der Waals surface area contributed by atoms with Crippen LogP contribution in [0.2, 0.25) is 0 Å². The summed E-state index contributed by atoms with van der Waals surface area (Å²) < 4.78 is 27.7.